The van der Waals surface area contributed by atoms with E-state index >= 15 is 0 Å². The number of fused-ring (bicyclic) bond motifs is 1. The Morgan fingerprint density at radius 3 is 2.16 bits per heavy atom. The number of nitrogens with zero attached hydrogens (tertiary/aromatic N) is 2. The SMILES string of the molecule is Cc1ccc(CN2C(=O)c3[nH]nc(-c4ccc(C)cc4)c3C2c2ccc(F)cc2)cc1. The van der Waals surface area contributed by atoms with Gasteiger partial charge >= 0.3 is 0 Å². The summed E-state index contributed by atoms with van der Waals surface area (Å²) >= 11 is 0. The number of halogens is 1. The van der Waals surface area contributed by atoms with Crippen molar-refractivity contribution in [3.63, 3.8) is 0 Å². The van der Waals surface area contributed by atoms with E-state index in [1.54, 1.807) is 12.1 Å². The van der Waals surface area contributed by atoms with Crippen LogP contribution in [0.1, 0.15) is 44.3 Å². The van der Waals surface area contributed by atoms with Crippen molar-refractivity contribution in [3.05, 3.63) is 112 Å². The Hall–Kier alpha value is -3.73. The summed E-state index contributed by atoms with van der Waals surface area (Å²) in [6.45, 7) is 4.53. The lowest BCUT2D eigenvalue weighted by atomic mass is 9.95. The lowest BCUT2D eigenvalue weighted by molar-refractivity contribution is 0.0730. The highest BCUT2D eigenvalue weighted by atomic mass is 19.1. The van der Waals surface area contributed by atoms with Crippen molar-refractivity contribution in [2.24, 2.45) is 0 Å². The number of nitrogens with one attached hydrogen (secondary N) is 1. The van der Waals surface area contributed by atoms with Crippen molar-refractivity contribution in [1.82, 2.24) is 15.1 Å². The number of H-pyrrole nitrogens is 1. The molecule has 0 aliphatic carbocycles. The number of carbonyl (C=O) groups excluding carboxylic acids is 1. The molecule has 0 fully saturated rings. The quantitative estimate of drug-likeness (QED) is 0.477. The van der Waals surface area contributed by atoms with E-state index in [4.69, 9.17) is 0 Å². The predicted molar refractivity (Wildman–Crippen MR) is 118 cm³/mol. The van der Waals surface area contributed by atoms with Crippen LogP contribution >= 0.6 is 0 Å². The number of aromatic nitrogens is 2. The van der Waals surface area contributed by atoms with Gasteiger partial charge < -0.3 is 4.90 Å². The molecule has 0 saturated carbocycles. The van der Waals surface area contributed by atoms with Crippen molar-refractivity contribution in [1.29, 1.82) is 0 Å². The van der Waals surface area contributed by atoms with Gasteiger partial charge in [0, 0.05) is 17.7 Å². The number of benzene rings is 3. The van der Waals surface area contributed by atoms with Crippen LogP contribution in [0.2, 0.25) is 0 Å². The van der Waals surface area contributed by atoms with Crippen LogP contribution in [-0.2, 0) is 6.54 Å². The zero-order valence-corrected chi connectivity index (χ0v) is 17.4. The Balaban J connectivity index is 1.63. The molecule has 1 atom stereocenters. The Labute approximate surface area is 180 Å². The third-order valence-corrected chi connectivity index (χ3v) is 5.85. The van der Waals surface area contributed by atoms with E-state index in [9.17, 15) is 9.18 Å². The van der Waals surface area contributed by atoms with Crippen molar-refractivity contribution in [2.45, 2.75) is 26.4 Å². The standard InChI is InChI=1S/C26H22FN3O/c1-16-3-7-18(8-4-16)15-30-25(20-11-13-21(27)14-12-20)22-23(28-29-24(22)26(30)31)19-9-5-17(2)6-10-19/h3-14,25H,15H2,1-2H3,(H,28,29). The number of amides is 1. The van der Waals surface area contributed by atoms with E-state index in [1.807, 2.05) is 67.3 Å². The van der Waals surface area contributed by atoms with Crippen molar-refractivity contribution in [2.75, 3.05) is 0 Å². The molecule has 0 bridgehead atoms. The lowest BCUT2D eigenvalue weighted by Gasteiger charge is -2.26. The van der Waals surface area contributed by atoms with Gasteiger partial charge in [0.15, 0.2) is 0 Å². The van der Waals surface area contributed by atoms with E-state index in [0.717, 1.165) is 33.5 Å². The molecule has 0 spiro atoms. The number of hydrogen-bond donors (Lipinski definition) is 1. The zero-order valence-electron chi connectivity index (χ0n) is 17.4. The molecule has 154 valence electrons. The summed E-state index contributed by atoms with van der Waals surface area (Å²) < 4.78 is 13.7. The van der Waals surface area contributed by atoms with Gasteiger partial charge in [-0.1, -0.05) is 71.8 Å². The normalized spacial score (nSPS) is 15.4. The molecular formula is C26H22FN3O. The smallest absolute Gasteiger partial charge is 0.273 e. The largest absolute Gasteiger partial charge is 0.322 e. The highest BCUT2D eigenvalue weighted by molar-refractivity contribution is 6.00. The second-order valence-corrected chi connectivity index (χ2v) is 8.10. The summed E-state index contributed by atoms with van der Waals surface area (Å²) in [5.41, 5.74) is 7.26. The van der Waals surface area contributed by atoms with Crippen LogP contribution in [0.15, 0.2) is 72.8 Å². The topological polar surface area (TPSA) is 49.0 Å². The summed E-state index contributed by atoms with van der Waals surface area (Å²) in [6, 6.07) is 22.3. The second-order valence-electron chi connectivity index (χ2n) is 8.10. The third kappa shape index (κ3) is 3.42. The Morgan fingerprint density at radius 1 is 0.903 bits per heavy atom. The summed E-state index contributed by atoms with van der Waals surface area (Å²) in [7, 11) is 0. The minimum Gasteiger partial charge on any atom is -0.322 e. The van der Waals surface area contributed by atoms with E-state index in [-0.39, 0.29) is 17.8 Å². The van der Waals surface area contributed by atoms with Crippen LogP contribution in [0.3, 0.4) is 0 Å². The highest BCUT2D eigenvalue weighted by Crippen LogP contribution is 2.43. The first-order valence-electron chi connectivity index (χ1n) is 10.3. The summed E-state index contributed by atoms with van der Waals surface area (Å²) in [4.78, 5) is 15.2. The molecule has 1 aromatic heterocycles. The summed E-state index contributed by atoms with van der Waals surface area (Å²) in [5.74, 6) is -0.403. The first-order chi connectivity index (χ1) is 15.0. The number of hydrogen-bond acceptors (Lipinski definition) is 2. The van der Waals surface area contributed by atoms with Crippen LogP contribution < -0.4 is 0 Å². The molecule has 5 rings (SSSR count). The number of aryl methyl sites for hydroxylation is 2. The first kappa shape index (κ1) is 19.2. The summed E-state index contributed by atoms with van der Waals surface area (Å²) in [5, 5.41) is 7.46. The fourth-order valence-corrected chi connectivity index (χ4v) is 4.17. The monoisotopic (exact) mass is 411 g/mol. The third-order valence-electron chi connectivity index (χ3n) is 5.85. The molecule has 0 radical (unpaired) electrons. The van der Waals surface area contributed by atoms with Crippen LogP contribution in [0.25, 0.3) is 11.3 Å². The fraction of sp³-hybridized carbons (Fsp3) is 0.154. The maximum absolute atomic E-state index is 13.7. The molecule has 4 aromatic rings. The highest BCUT2D eigenvalue weighted by Gasteiger charge is 2.42. The van der Waals surface area contributed by atoms with Gasteiger partial charge in [-0.25, -0.2) is 4.39 Å². The maximum atomic E-state index is 13.7. The maximum Gasteiger partial charge on any atom is 0.273 e. The van der Waals surface area contributed by atoms with E-state index in [2.05, 4.69) is 10.2 Å². The van der Waals surface area contributed by atoms with Gasteiger partial charge in [-0.05, 0) is 37.1 Å². The molecule has 1 unspecified atom stereocenters. The molecule has 0 saturated heterocycles. The molecule has 4 nitrogen and oxygen atoms in total. The van der Waals surface area contributed by atoms with Crippen molar-refractivity contribution in [3.8, 4) is 11.3 Å². The number of aromatic amines is 1. The molecular weight excluding hydrogens is 389 g/mol. The molecule has 5 heteroatoms. The van der Waals surface area contributed by atoms with Gasteiger partial charge in [-0.2, -0.15) is 5.10 Å². The Kier molecular flexibility index (Phi) is 4.66. The lowest BCUT2D eigenvalue weighted by Crippen LogP contribution is -2.29. The van der Waals surface area contributed by atoms with Crippen LogP contribution in [0, 0.1) is 19.7 Å². The van der Waals surface area contributed by atoms with Crippen LogP contribution in [0.5, 0.6) is 0 Å². The molecule has 1 aliphatic heterocycles. The van der Waals surface area contributed by atoms with Gasteiger partial charge in [-0.15, -0.1) is 0 Å². The number of carbonyl (C=O) groups is 1. The van der Waals surface area contributed by atoms with Crippen molar-refractivity contribution >= 4 is 5.91 Å². The summed E-state index contributed by atoms with van der Waals surface area (Å²) in [6.07, 6.45) is 0. The minimum atomic E-state index is -0.348. The predicted octanol–water partition coefficient (Wildman–Crippen LogP) is 5.58. The average molecular weight is 411 g/mol. The fourth-order valence-electron chi connectivity index (χ4n) is 4.17. The molecule has 31 heavy (non-hydrogen) atoms. The van der Waals surface area contributed by atoms with Gasteiger partial charge in [0.05, 0.1) is 11.7 Å². The first-order valence-corrected chi connectivity index (χ1v) is 10.3. The number of rotatable bonds is 4. The van der Waals surface area contributed by atoms with Crippen LogP contribution in [-0.4, -0.2) is 21.0 Å². The Morgan fingerprint density at radius 2 is 1.52 bits per heavy atom. The molecule has 1 aliphatic rings. The minimum absolute atomic E-state index is 0.101. The zero-order chi connectivity index (χ0) is 21.5. The van der Waals surface area contributed by atoms with Crippen LogP contribution in [0.4, 0.5) is 4.39 Å². The van der Waals surface area contributed by atoms with Gasteiger partial charge in [0.1, 0.15) is 11.5 Å². The molecule has 1 amide bonds. The van der Waals surface area contributed by atoms with E-state index in [1.165, 1.54) is 17.7 Å². The Bertz CT molecular complexity index is 1240. The average Bonchev–Trinajstić information content (AvgIpc) is 3.31. The van der Waals surface area contributed by atoms with Gasteiger partial charge in [0.25, 0.3) is 5.91 Å². The van der Waals surface area contributed by atoms with Gasteiger partial charge in [-0.3, -0.25) is 9.89 Å². The van der Waals surface area contributed by atoms with Gasteiger partial charge in [0.2, 0.25) is 0 Å². The van der Waals surface area contributed by atoms with Crippen molar-refractivity contribution < 1.29 is 9.18 Å². The molecule has 1 N–H and O–H groups in total. The second kappa shape index (κ2) is 7.51. The molecule has 3 aromatic carbocycles. The molecule has 2 heterocycles. The van der Waals surface area contributed by atoms with E-state index in [0.29, 0.717) is 12.2 Å². The van der Waals surface area contributed by atoms with E-state index < -0.39 is 0 Å².